The predicted octanol–water partition coefficient (Wildman–Crippen LogP) is 2.14. The molecule has 0 unspecified atom stereocenters. The Morgan fingerprint density at radius 1 is 1.27 bits per heavy atom. The lowest BCUT2D eigenvalue weighted by Crippen LogP contribution is -2.15. The number of nitrogens with two attached hydrogens (primary N) is 1. The van der Waals surface area contributed by atoms with E-state index in [1.165, 1.54) is 0 Å². The number of aryl methyl sites for hydroxylation is 1. The van der Waals surface area contributed by atoms with Crippen molar-refractivity contribution in [3.05, 3.63) is 24.0 Å². The predicted molar refractivity (Wildman–Crippen MR) is 76.1 cm³/mol. The zero-order valence-corrected chi connectivity index (χ0v) is 12.1. The Kier molecular flexibility index (Phi) is 4.96. The summed E-state index contributed by atoms with van der Waals surface area (Å²) in [6.45, 7) is 3.34. The molecule has 120 valence electrons. The molecule has 0 amide bonds. The van der Waals surface area contributed by atoms with Crippen molar-refractivity contribution in [2.75, 3.05) is 18.4 Å². The van der Waals surface area contributed by atoms with Gasteiger partial charge in [0.15, 0.2) is 5.69 Å². The average Bonchev–Trinajstić information content (AvgIpc) is 2.95. The van der Waals surface area contributed by atoms with E-state index >= 15 is 0 Å². The van der Waals surface area contributed by atoms with Gasteiger partial charge in [-0.3, -0.25) is 4.68 Å². The molecule has 6 nitrogen and oxygen atoms in total. The Labute approximate surface area is 125 Å². The third-order valence-corrected chi connectivity index (χ3v) is 2.91. The topological polar surface area (TPSA) is 81.7 Å². The highest BCUT2D eigenvalue weighted by atomic mass is 19.4. The summed E-state index contributed by atoms with van der Waals surface area (Å²) in [5.41, 5.74) is 4.86. The molecule has 0 aliphatic heterocycles. The first kappa shape index (κ1) is 16.2. The molecule has 0 radical (unpaired) electrons. The van der Waals surface area contributed by atoms with Crippen LogP contribution < -0.4 is 11.1 Å². The number of hydrogen-bond donors (Lipinski definition) is 2. The number of rotatable bonds is 6. The summed E-state index contributed by atoms with van der Waals surface area (Å²) < 4.78 is 40.5. The lowest BCUT2D eigenvalue weighted by Gasteiger charge is -2.10. The molecule has 0 aliphatic carbocycles. The van der Waals surface area contributed by atoms with Crippen LogP contribution in [-0.4, -0.2) is 32.8 Å². The fourth-order valence-corrected chi connectivity index (χ4v) is 1.78. The third-order valence-electron chi connectivity index (χ3n) is 2.91. The minimum atomic E-state index is -4.55. The monoisotopic (exact) mass is 314 g/mol. The van der Waals surface area contributed by atoms with Crippen LogP contribution in [0.3, 0.4) is 0 Å². The van der Waals surface area contributed by atoms with Gasteiger partial charge in [-0.05, 0) is 32.0 Å². The lowest BCUT2D eigenvalue weighted by molar-refractivity contribution is -0.141. The van der Waals surface area contributed by atoms with Gasteiger partial charge in [-0.1, -0.05) is 0 Å². The molecule has 0 fully saturated rings. The highest BCUT2D eigenvalue weighted by Gasteiger charge is 2.34. The molecule has 0 saturated carbocycles. The first-order chi connectivity index (χ1) is 10.4. The maximum atomic E-state index is 13.0. The average molecular weight is 314 g/mol. The summed E-state index contributed by atoms with van der Waals surface area (Å²) in [5, 5.41) is 6.92. The Balaban J connectivity index is 2.37. The second-order valence-electron chi connectivity index (χ2n) is 4.59. The lowest BCUT2D eigenvalue weighted by atomic mass is 10.2. The van der Waals surface area contributed by atoms with Crippen molar-refractivity contribution in [2.45, 2.75) is 26.1 Å². The van der Waals surface area contributed by atoms with E-state index < -0.39 is 11.9 Å². The summed E-state index contributed by atoms with van der Waals surface area (Å²) in [4.78, 5) is 7.60. The first-order valence-corrected chi connectivity index (χ1v) is 6.88. The van der Waals surface area contributed by atoms with Gasteiger partial charge >= 0.3 is 6.18 Å². The van der Waals surface area contributed by atoms with Crippen LogP contribution in [0.4, 0.5) is 19.1 Å². The number of hydrogen-bond acceptors (Lipinski definition) is 5. The molecule has 2 aromatic rings. The molecule has 0 bridgehead atoms. The van der Waals surface area contributed by atoms with Crippen LogP contribution in [0, 0.1) is 0 Å². The minimum absolute atomic E-state index is 0.0793. The van der Waals surface area contributed by atoms with Crippen LogP contribution >= 0.6 is 0 Å². The standard InChI is InChI=1S/C13H17F3N6/c1-2-22-7-4-9(21-22)10-8-11(13(14,15)16)20-12(19-10)18-6-3-5-17/h4,7-8H,2-3,5-6,17H2,1H3,(H,18,19,20). The van der Waals surface area contributed by atoms with E-state index in [1.54, 1.807) is 16.9 Å². The molecule has 22 heavy (non-hydrogen) atoms. The SMILES string of the molecule is CCn1ccc(-c2cc(C(F)(F)F)nc(NCCCN)n2)n1. The molecular formula is C13H17F3N6. The molecule has 0 saturated heterocycles. The zero-order chi connectivity index (χ0) is 16.2. The van der Waals surface area contributed by atoms with E-state index in [0.29, 0.717) is 31.7 Å². The second-order valence-corrected chi connectivity index (χ2v) is 4.59. The van der Waals surface area contributed by atoms with Gasteiger partial charge in [-0.2, -0.15) is 18.3 Å². The summed E-state index contributed by atoms with van der Waals surface area (Å²) in [5.74, 6) is -0.0793. The van der Waals surface area contributed by atoms with Crippen LogP contribution in [-0.2, 0) is 12.7 Å². The zero-order valence-electron chi connectivity index (χ0n) is 12.1. The highest BCUT2D eigenvalue weighted by molar-refractivity contribution is 5.56. The molecule has 2 aromatic heterocycles. The molecule has 2 rings (SSSR count). The largest absolute Gasteiger partial charge is 0.433 e. The van der Waals surface area contributed by atoms with Gasteiger partial charge < -0.3 is 11.1 Å². The third kappa shape index (κ3) is 3.94. The van der Waals surface area contributed by atoms with Crippen molar-refractivity contribution in [3.8, 4) is 11.4 Å². The van der Waals surface area contributed by atoms with E-state index in [0.717, 1.165) is 6.07 Å². The van der Waals surface area contributed by atoms with E-state index in [4.69, 9.17) is 5.73 Å². The van der Waals surface area contributed by atoms with Gasteiger partial charge in [0.05, 0.1) is 5.69 Å². The quantitative estimate of drug-likeness (QED) is 0.798. The van der Waals surface area contributed by atoms with E-state index in [2.05, 4.69) is 20.4 Å². The molecule has 3 N–H and O–H groups in total. The molecule has 9 heteroatoms. The summed E-state index contributed by atoms with van der Waals surface area (Å²) >= 11 is 0. The van der Waals surface area contributed by atoms with Gasteiger partial charge in [-0.25, -0.2) is 9.97 Å². The number of nitrogens with zero attached hydrogens (tertiary/aromatic N) is 4. The van der Waals surface area contributed by atoms with Crippen molar-refractivity contribution in [2.24, 2.45) is 5.73 Å². The van der Waals surface area contributed by atoms with E-state index in [-0.39, 0.29) is 11.6 Å². The Morgan fingerprint density at radius 3 is 2.64 bits per heavy atom. The minimum Gasteiger partial charge on any atom is -0.354 e. The summed E-state index contributed by atoms with van der Waals surface area (Å²) in [6, 6.07) is 2.52. The van der Waals surface area contributed by atoms with Crippen LogP contribution in [0.15, 0.2) is 18.3 Å². The molecular weight excluding hydrogens is 297 g/mol. The van der Waals surface area contributed by atoms with Gasteiger partial charge in [0.1, 0.15) is 5.69 Å². The van der Waals surface area contributed by atoms with Crippen LogP contribution in [0.25, 0.3) is 11.4 Å². The number of nitrogens with one attached hydrogen (secondary N) is 1. The molecule has 2 heterocycles. The fraction of sp³-hybridized carbons (Fsp3) is 0.462. The van der Waals surface area contributed by atoms with Gasteiger partial charge in [0.2, 0.25) is 5.95 Å². The van der Waals surface area contributed by atoms with Crippen molar-refractivity contribution >= 4 is 5.95 Å². The second kappa shape index (κ2) is 6.73. The highest BCUT2D eigenvalue weighted by Crippen LogP contribution is 2.30. The first-order valence-electron chi connectivity index (χ1n) is 6.88. The fourth-order valence-electron chi connectivity index (χ4n) is 1.78. The number of alkyl halides is 3. The van der Waals surface area contributed by atoms with Crippen molar-refractivity contribution in [1.82, 2.24) is 19.7 Å². The van der Waals surface area contributed by atoms with Gasteiger partial charge in [-0.15, -0.1) is 0 Å². The number of halogens is 3. The normalized spacial score (nSPS) is 11.7. The Hall–Kier alpha value is -2.16. The van der Waals surface area contributed by atoms with E-state index in [1.807, 2.05) is 6.92 Å². The van der Waals surface area contributed by atoms with E-state index in [9.17, 15) is 13.2 Å². The summed E-state index contributed by atoms with van der Waals surface area (Å²) in [7, 11) is 0. The molecule has 0 aliphatic rings. The van der Waals surface area contributed by atoms with Gasteiger partial charge in [0.25, 0.3) is 0 Å². The van der Waals surface area contributed by atoms with Crippen LogP contribution in [0.2, 0.25) is 0 Å². The van der Waals surface area contributed by atoms with Crippen molar-refractivity contribution in [1.29, 1.82) is 0 Å². The molecule has 0 atom stereocenters. The van der Waals surface area contributed by atoms with Crippen molar-refractivity contribution in [3.63, 3.8) is 0 Å². The Bertz CT molecular complexity index is 622. The maximum Gasteiger partial charge on any atom is 0.433 e. The molecule has 0 aromatic carbocycles. The van der Waals surface area contributed by atoms with Crippen molar-refractivity contribution < 1.29 is 13.2 Å². The van der Waals surface area contributed by atoms with Gasteiger partial charge in [0, 0.05) is 19.3 Å². The molecule has 0 spiro atoms. The van der Waals surface area contributed by atoms with Crippen LogP contribution in [0.5, 0.6) is 0 Å². The number of anilines is 1. The van der Waals surface area contributed by atoms with Crippen LogP contribution in [0.1, 0.15) is 19.0 Å². The number of aromatic nitrogens is 4. The Morgan fingerprint density at radius 2 is 2.05 bits per heavy atom. The smallest absolute Gasteiger partial charge is 0.354 e. The maximum absolute atomic E-state index is 13.0. The summed E-state index contributed by atoms with van der Waals surface area (Å²) in [6.07, 6.45) is -2.25.